The van der Waals surface area contributed by atoms with Crippen molar-refractivity contribution in [1.29, 1.82) is 0 Å². The standard InChI is InChI=1S/C16H18N2O4S/c1-2-18(13-8-9-23(20,21)10-13)16(19)14-15(22-11-17-14)12-6-4-3-5-7-12/h3-7,11,13H,2,8-10H2,1H3. The smallest absolute Gasteiger partial charge is 0.276 e. The van der Waals surface area contributed by atoms with Crippen molar-refractivity contribution in [3.63, 3.8) is 0 Å². The van der Waals surface area contributed by atoms with Crippen LogP contribution < -0.4 is 0 Å². The second-order valence-electron chi connectivity index (χ2n) is 5.54. The predicted molar refractivity (Wildman–Crippen MR) is 85.7 cm³/mol. The van der Waals surface area contributed by atoms with Gasteiger partial charge in [-0.3, -0.25) is 4.79 Å². The van der Waals surface area contributed by atoms with E-state index in [4.69, 9.17) is 4.42 Å². The van der Waals surface area contributed by atoms with Crippen LogP contribution in [0.5, 0.6) is 0 Å². The molecule has 0 radical (unpaired) electrons. The number of amides is 1. The zero-order chi connectivity index (χ0) is 16.4. The maximum absolute atomic E-state index is 12.8. The molecule has 3 rings (SSSR count). The highest BCUT2D eigenvalue weighted by atomic mass is 32.2. The van der Waals surface area contributed by atoms with Gasteiger partial charge >= 0.3 is 0 Å². The predicted octanol–water partition coefficient (Wildman–Crippen LogP) is 1.99. The van der Waals surface area contributed by atoms with Gasteiger partial charge in [0.2, 0.25) is 0 Å². The molecule has 0 saturated carbocycles. The van der Waals surface area contributed by atoms with Crippen molar-refractivity contribution in [3.8, 4) is 11.3 Å². The molecule has 122 valence electrons. The van der Waals surface area contributed by atoms with E-state index in [1.165, 1.54) is 6.39 Å². The van der Waals surface area contributed by atoms with E-state index in [2.05, 4.69) is 4.98 Å². The third-order valence-electron chi connectivity index (χ3n) is 4.06. The SMILES string of the molecule is CCN(C(=O)c1ncoc1-c1ccccc1)C1CCS(=O)(=O)C1. The lowest BCUT2D eigenvalue weighted by molar-refractivity contribution is 0.0703. The van der Waals surface area contributed by atoms with E-state index >= 15 is 0 Å². The minimum Gasteiger partial charge on any atom is -0.443 e. The largest absolute Gasteiger partial charge is 0.443 e. The van der Waals surface area contributed by atoms with Gasteiger partial charge in [0, 0.05) is 18.2 Å². The van der Waals surface area contributed by atoms with Crippen LogP contribution >= 0.6 is 0 Å². The molecule has 0 N–H and O–H groups in total. The molecule has 2 aromatic rings. The van der Waals surface area contributed by atoms with E-state index in [0.29, 0.717) is 18.7 Å². The third-order valence-corrected chi connectivity index (χ3v) is 5.81. The van der Waals surface area contributed by atoms with Gasteiger partial charge < -0.3 is 9.32 Å². The first kappa shape index (κ1) is 15.7. The Bertz CT molecular complexity index is 798. The summed E-state index contributed by atoms with van der Waals surface area (Å²) in [6.45, 7) is 2.27. The number of rotatable bonds is 4. The molecule has 0 bridgehead atoms. The van der Waals surface area contributed by atoms with Gasteiger partial charge in [-0.05, 0) is 13.3 Å². The van der Waals surface area contributed by atoms with Crippen LogP contribution in [0.4, 0.5) is 0 Å². The number of hydrogen-bond donors (Lipinski definition) is 0. The van der Waals surface area contributed by atoms with E-state index in [-0.39, 0.29) is 29.1 Å². The van der Waals surface area contributed by atoms with Gasteiger partial charge in [0.25, 0.3) is 5.91 Å². The molecule has 1 aliphatic heterocycles. The lowest BCUT2D eigenvalue weighted by Gasteiger charge is -2.26. The summed E-state index contributed by atoms with van der Waals surface area (Å²) in [6, 6.07) is 8.97. The highest BCUT2D eigenvalue weighted by Crippen LogP contribution is 2.26. The summed E-state index contributed by atoms with van der Waals surface area (Å²) in [7, 11) is -3.05. The number of benzene rings is 1. The Morgan fingerprint density at radius 1 is 1.35 bits per heavy atom. The third kappa shape index (κ3) is 3.14. The topological polar surface area (TPSA) is 80.5 Å². The van der Waals surface area contributed by atoms with Crippen LogP contribution in [-0.4, -0.2) is 48.3 Å². The van der Waals surface area contributed by atoms with Crippen molar-refractivity contribution < 1.29 is 17.6 Å². The van der Waals surface area contributed by atoms with Gasteiger partial charge in [-0.15, -0.1) is 0 Å². The van der Waals surface area contributed by atoms with Crippen molar-refractivity contribution in [2.45, 2.75) is 19.4 Å². The molecular weight excluding hydrogens is 316 g/mol. The molecule has 1 aromatic carbocycles. The zero-order valence-corrected chi connectivity index (χ0v) is 13.6. The number of oxazole rings is 1. The number of sulfone groups is 1. The monoisotopic (exact) mass is 334 g/mol. The van der Waals surface area contributed by atoms with Crippen LogP contribution in [0, 0.1) is 0 Å². The molecule has 1 aliphatic rings. The summed E-state index contributed by atoms with van der Waals surface area (Å²) in [5.41, 5.74) is 0.991. The number of nitrogens with zero attached hydrogens (tertiary/aromatic N) is 2. The molecule has 0 aliphatic carbocycles. The minimum absolute atomic E-state index is 0.0190. The van der Waals surface area contributed by atoms with Crippen molar-refractivity contribution in [2.75, 3.05) is 18.1 Å². The Hall–Kier alpha value is -2.15. The van der Waals surface area contributed by atoms with E-state index in [1.807, 2.05) is 37.3 Å². The fraction of sp³-hybridized carbons (Fsp3) is 0.375. The fourth-order valence-electron chi connectivity index (χ4n) is 2.92. The molecule has 2 heterocycles. The average molecular weight is 334 g/mol. The molecular formula is C16H18N2O4S. The molecule has 6 nitrogen and oxygen atoms in total. The Kier molecular flexibility index (Phi) is 4.21. The first-order valence-corrected chi connectivity index (χ1v) is 9.34. The second kappa shape index (κ2) is 6.16. The summed E-state index contributed by atoms with van der Waals surface area (Å²) in [6.07, 6.45) is 1.72. The minimum atomic E-state index is -3.05. The van der Waals surface area contributed by atoms with Crippen LogP contribution in [0.15, 0.2) is 41.1 Å². The van der Waals surface area contributed by atoms with Gasteiger partial charge in [0.1, 0.15) is 0 Å². The Balaban J connectivity index is 1.90. The normalized spacial score (nSPS) is 19.6. The maximum atomic E-state index is 12.8. The molecule has 23 heavy (non-hydrogen) atoms. The molecule has 1 fully saturated rings. The summed E-state index contributed by atoms with van der Waals surface area (Å²) in [4.78, 5) is 18.5. The maximum Gasteiger partial charge on any atom is 0.276 e. The summed E-state index contributed by atoms with van der Waals surface area (Å²) >= 11 is 0. The van der Waals surface area contributed by atoms with Crippen LogP contribution in [0.25, 0.3) is 11.3 Å². The lowest BCUT2D eigenvalue weighted by Crippen LogP contribution is -2.41. The zero-order valence-electron chi connectivity index (χ0n) is 12.8. The van der Waals surface area contributed by atoms with Crippen LogP contribution in [0.2, 0.25) is 0 Å². The van der Waals surface area contributed by atoms with Crippen LogP contribution in [0.3, 0.4) is 0 Å². The number of aromatic nitrogens is 1. The van der Waals surface area contributed by atoms with Crippen molar-refractivity contribution in [1.82, 2.24) is 9.88 Å². The summed E-state index contributed by atoms with van der Waals surface area (Å²) in [5, 5.41) is 0. The van der Waals surface area contributed by atoms with Gasteiger partial charge in [0.15, 0.2) is 27.7 Å². The number of carbonyl (C=O) groups excluding carboxylic acids is 1. The average Bonchev–Trinajstić information content (AvgIpc) is 3.15. The first-order chi connectivity index (χ1) is 11.0. The highest BCUT2D eigenvalue weighted by Gasteiger charge is 2.35. The lowest BCUT2D eigenvalue weighted by atomic mass is 10.1. The highest BCUT2D eigenvalue weighted by molar-refractivity contribution is 7.91. The second-order valence-corrected chi connectivity index (χ2v) is 7.77. The first-order valence-electron chi connectivity index (χ1n) is 7.52. The van der Waals surface area contributed by atoms with Crippen molar-refractivity contribution in [3.05, 3.63) is 42.4 Å². The van der Waals surface area contributed by atoms with Gasteiger partial charge in [-0.25, -0.2) is 13.4 Å². The quantitative estimate of drug-likeness (QED) is 0.854. The Morgan fingerprint density at radius 2 is 2.09 bits per heavy atom. The van der Waals surface area contributed by atoms with Gasteiger partial charge in [-0.2, -0.15) is 0 Å². The Morgan fingerprint density at radius 3 is 2.70 bits per heavy atom. The Labute approximate surface area is 135 Å². The van der Waals surface area contributed by atoms with Crippen molar-refractivity contribution in [2.24, 2.45) is 0 Å². The van der Waals surface area contributed by atoms with Crippen LogP contribution in [0.1, 0.15) is 23.8 Å². The number of carbonyl (C=O) groups is 1. The van der Waals surface area contributed by atoms with Crippen molar-refractivity contribution >= 4 is 15.7 Å². The van der Waals surface area contributed by atoms with E-state index in [9.17, 15) is 13.2 Å². The van der Waals surface area contributed by atoms with E-state index in [0.717, 1.165) is 5.56 Å². The van der Waals surface area contributed by atoms with E-state index in [1.54, 1.807) is 4.90 Å². The van der Waals surface area contributed by atoms with Gasteiger partial charge in [0.05, 0.1) is 11.5 Å². The fourth-order valence-corrected chi connectivity index (χ4v) is 4.65. The molecule has 1 unspecified atom stereocenters. The summed E-state index contributed by atoms with van der Waals surface area (Å²) in [5.74, 6) is 0.272. The van der Waals surface area contributed by atoms with E-state index < -0.39 is 9.84 Å². The molecule has 1 amide bonds. The van der Waals surface area contributed by atoms with Gasteiger partial charge in [-0.1, -0.05) is 30.3 Å². The molecule has 0 spiro atoms. The molecule has 7 heteroatoms. The molecule has 1 aromatic heterocycles. The molecule has 1 atom stereocenters. The molecule has 1 saturated heterocycles. The number of hydrogen-bond acceptors (Lipinski definition) is 5. The van der Waals surface area contributed by atoms with Crippen LogP contribution in [-0.2, 0) is 9.84 Å². The summed E-state index contributed by atoms with van der Waals surface area (Å²) < 4.78 is 28.8.